The summed E-state index contributed by atoms with van der Waals surface area (Å²) in [4.78, 5) is 1.29. The molecule has 0 fully saturated rings. The molecule has 0 spiro atoms. The first-order valence-corrected chi connectivity index (χ1v) is 8.69. The van der Waals surface area contributed by atoms with Gasteiger partial charge in [0.05, 0.1) is 7.11 Å². The molecule has 0 aliphatic heterocycles. The molecule has 4 heteroatoms. The Morgan fingerprint density at radius 1 is 1.00 bits per heavy atom. The van der Waals surface area contributed by atoms with Crippen LogP contribution in [-0.4, -0.2) is 13.4 Å². The van der Waals surface area contributed by atoms with E-state index in [2.05, 4.69) is 30.5 Å². The molecular weight excluding hydrogens is 256 g/mol. The Labute approximate surface area is 107 Å². The summed E-state index contributed by atoms with van der Waals surface area (Å²) < 4.78 is 5.37. The molecule has 0 aliphatic carbocycles. The van der Waals surface area contributed by atoms with Crippen molar-refractivity contribution in [3.05, 3.63) is 36.4 Å². The quantitative estimate of drug-likeness (QED) is 0.731. The fourth-order valence-corrected chi connectivity index (χ4v) is 4.23. The Morgan fingerprint density at radius 2 is 1.75 bits per heavy atom. The molecule has 0 unspecified atom stereocenters. The van der Waals surface area contributed by atoms with Crippen LogP contribution in [0.4, 0.5) is 0 Å². The van der Waals surface area contributed by atoms with Crippen LogP contribution in [-0.2, 0) is 0 Å². The van der Waals surface area contributed by atoms with E-state index in [0.717, 1.165) is 5.75 Å². The molecule has 0 radical (unpaired) electrons. The van der Waals surface area contributed by atoms with Crippen molar-refractivity contribution < 1.29 is 4.74 Å². The predicted octanol–water partition coefficient (Wildman–Crippen LogP) is 4.87. The molecule has 0 N–H and O–H groups in total. The van der Waals surface area contributed by atoms with E-state index in [1.54, 1.807) is 38.5 Å². The molecule has 0 saturated heterocycles. The van der Waals surface area contributed by atoms with Gasteiger partial charge in [-0.15, -0.1) is 0 Å². The van der Waals surface area contributed by atoms with Crippen molar-refractivity contribution in [1.82, 2.24) is 0 Å². The van der Waals surface area contributed by atoms with E-state index in [1.165, 1.54) is 15.7 Å². The van der Waals surface area contributed by atoms with Crippen LogP contribution in [0, 0.1) is 0 Å². The number of benzene rings is 2. The monoisotopic (exact) mass is 268 g/mol. The maximum atomic E-state index is 5.37. The fourth-order valence-electron chi connectivity index (χ4n) is 1.57. The van der Waals surface area contributed by atoms with Crippen LogP contribution in [0.15, 0.2) is 41.3 Å². The van der Waals surface area contributed by atoms with E-state index < -0.39 is 0 Å². The van der Waals surface area contributed by atoms with Gasteiger partial charge in [0, 0.05) is 10.3 Å². The lowest BCUT2D eigenvalue weighted by Crippen LogP contribution is -1.85. The van der Waals surface area contributed by atoms with E-state index >= 15 is 0 Å². The van der Waals surface area contributed by atoms with Crippen molar-refractivity contribution in [3.63, 3.8) is 0 Å². The molecule has 0 aliphatic rings. The zero-order valence-corrected chi connectivity index (χ0v) is 11.5. The highest BCUT2D eigenvalue weighted by atomic mass is 33.5. The van der Waals surface area contributed by atoms with Crippen LogP contribution in [0.25, 0.3) is 10.8 Å². The molecule has 84 valence electrons. The number of ether oxygens (including phenoxy) is 1. The second kappa shape index (κ2) is 5.75. The van der Waals surface area contributed by atoms with E-state index in [9.17, 15) is 0 Å². The SMILES string of the molecule is COc1ccc(SSSC)c2ccccc12. The highest BCUT2D eigenvalue weighted by Crippen LogP contribution is 2.43. The van der Waals surface area contributed by atoms with Crippen LogP contribution in [0.2, 0.25) is 0 Å². The maximum absolute atomic E-state index is 5.37. The van der Waals surface area contributed by atoms with E-state index in [0.29, 0.717) is 0 Å². The van der Waals surface area contributed by atoms with Gasteiger partial charge in [0.1, 0.15) is 5.75 Å². The molecule has 0 bridgehead atoms. The Hall–Kier alpha value is -0.450. The van der Waals surface area contributed by atoms with Crippen LogP contribution in [0.1, 0.15) is 0 Å². The Balaban J connectivity index is 2.51. The largest absolute Gasteiger partial charge is 0.496 e. The number of fused-ring (bicyclic) bond motifs is 1. The van der Waals surface area contributed by atoms with Gasteiger partial charge in [0.15, 0.2) is 0 Å². The van der Waals surface area contributed by atoms with Gasteiger partial charge < -0.3 is 4.74 Å². The van der Waals surface area contributed by atoms with Crippen molar-refractivity contribution in [2.45, 2.75) is 4.90 Å². The van der Waals surface area contributed by atoms with Crippen molar-refractivity contribution in [2.24, 2.45) is 0 Å². The second-order valence-electron chi connectivity index (χ2n) is 3.13. The van der Waals surface area contributed by atoms with Crippen molar-refractivity contribution in [2.75, 3.05) is 13.4 Å². The Bertz CT molecular complexity index is 485. The van der Waals surface area contributed by atoms with Crippen molar-refractivity contribution >= 4 is 42.2 Å². The lowest BCUT2D eigenvalue weighted by molar-refractivity contribution is 0.419. The molecule has 2 rings (SSSR count). The molecule has 0 aromatic heterocycles. The highest BCUT2D eigenvalue weighted by molar-refractivity contribution is 9.09. The van der Waals surface area contributed by atoms with Gasteiger partial charge in [-0.2, -0.15) is 0 Å². The maximum Gasteiger partial charge on any atom is 0.126 e. The summed E-state index contributed by atoms with van der Waals surface area (Å²) in [5.74, 6) is 0.939. The van der Waals surface area contributed by atoms with Crippen LogP contribution >= 0.6 is 31.4 Å². The van der Waals surface area contributed by atoms with E-state index in [1.807, 2.05) is 12.1 Å². The second-order valence-corrected chi connectivity index (χ2v) is 7.34. The van der Waals surface area contributed by atoms with Gasteiger partial charge in [0.2, 0.25) is 0 Å². The van der Waals surface area contributed by atoms with Gasteiger partial charge in [-0.1, -0.05) is 35.1 Å². The molecular formula is C12H12OS3. The number of hydrogen-bond acceptors (Lipinski definition) is 4. The predicted molar refractivity (Wildman–Crippen MR) is 77.5 cm³/mol. The fraction of sp³-hybridized carbons (Fsp3) is 0.167. The number of rotatable bonds is 4. The first kappa shape index (κ1) is 12.0. The summed E-state index contributed by atoms with van der Waals surface area (Å²) in [6.45, 7) is 0. The van der Waals surface area contributed by atoms with Crippen LogP contribution in [0.3, 0.4) is 0 Å². The number of hydrogen-bond donors (Lipinski definition) is 0. The van der Waals surface area contributed by atoms with Crippen molar-refractivity contribution in [1.29, 1.82) is 0 Å². The third-order valence-corrected chi connectivity index (χ3v) is 5.98. The van der Waals surface area contributed by atoms with Crippen LogP contribution < -0.4 is 4.74 Å². The minimum atomic E-state index is 0.939. The van der Waals surface area contributed by atoms with Gasteiger partial charge in [-0.05, 0) is 44.4 Å². The lowest BCUT2D eigenvalue weighted by Gasteiger charge is -2.08. The summed E-state index contributed by atoms with van der Waals surface area (Å²) in [6.07, 6.45) is 2.09. The summed E-state index contributed by atoms with van der Waals surface area (Å²) in [5, 5.41) is 2.44. The molecule has 0 atom stereocenters. The molecule has 0 heterocycles. The first-order chi connectivity index (χ1) is 7.86. The highest BCUT2D eigenvalue weighted by Gasteiger charge is 2.06. The summed E-state index contributed by atoms with van der Waals surface area (Å²) in [7, 11) is 7.05. The van der Waals surface area contributed by atoms with Gasteiger partial charge in [-0.25, -0.2) is 0 Å². The van der Waals surface area contributed by atoms with Crippen LogP contribution in [0.5, 0.6) is 5.75 Å². The molecule has 0 saturated carbocycles. The zero-order chi connectivity index (χ0) is 11.4. The Morgan fingerprint density at radius 3 is 2.44 bits per heavy atom. The van der Waals surface area contributed by atoms with E-state index in [4.69, 9.17) is 4.74 Å². The van der Waals surface area contributed by atoms with Gasteiger partial charge in [0.25, 0.3) is 0 Å². The lowest BCUT2D eigenvalue weighted by atomic mass is 10.1. The standard InChI is InChI=1S/C12H12OS3/c1-13-11-7-8-12(15-16-14-2)10-6-4-3-5-9(10)11/h3-8H,1-2H3. The third-order valence-electron chi connectivity index (χ3n) is 2.26. The summed E-state index contributed by atoms with van der Waals surface area (Å²) >= 11 is 0. The average Bonchev–Trinajstić information content (AvgIpc) is 2.36. The first-order valence-electron chi connectivity index (χ1n) is 4.80. The average molecular weight is 268 g/mol. The Kier molecular flexibility index (Phi) is 4.32. The molecule has 2 aromatic carbocycles. The molecule has 0 amide bonds. The third kappa shape index (κ3) is 2.44. The summed E-state index contributed by atoms with van der Waals surface area (Å²) in [5.41, 5.74) is 0. The molecule has 1 nitrogen and oxygen atoms in total. The van der Waals surface area contributed by atoms with Crippen molar-refractivity contribution in [3.8, 4) is 5.75 Å². The normalized spacial score (nSPS) is 10.6. The van der Waals surface area contributed by atoms with Gasteiger partial charge in [-0.3, -0.25) is 0 Å². The minimum Gasteiger partial charge on any atom is -0.496 e. The zero-order valence-electron chi connectivity index (χ0n) is 9.10. The van der Waals surface area contributed by atoms with Gasteiger partial charge >= 0.3 is 0 Å². The molecule has 16 heavy (non-hydrogen) atoms. The minimum absolute atomic E-state index is 0.939. The summed E-state index contributed by atoms with van der Waals surface area (Å²) in [6, 6.07) is 12.5. The number of methoxy groups -OCH3 is 1. The molecule has 2 aromatic rings. The smallest absolute Gasteiger partial charge is 0.126 e. The topological polar surface area (TPSA) is 9.23 Å². The van der Waals surface area contributed by atoms with E-state index in [-0.39, 0.29) is 0 Å².